The molecule has 0 saturated heterocycles. The van der Waals surface area contributed by atoms with Gasteiger partial charge in [-0.2, -0.15) is 0 Å². The normalized spacial score (nSPS) is 11.5. The van der Waals surface area contributed by atoms with Crippen LogP contribution in [0.2, 0.25) is 5.02 Å². The van der Waals surface area contributed by atoms with Crippen LogP contribution < -0.4 is 10.5 Å². The highest BCUT2D eigenvalue weighted by molar-refractivity contribution is 7.92. The van der Waals surface area contributed by atoms with Crippen LogP contribution in [0.15, 0.2) is 50.5 Å². The standard InChI is InChI=1S/C13H8ClN3O6S/c14-9-3-1-7(5-11(9)17(19)20)16-24(21,22)8-2-4-10-12(6-8)23-13(18)15-10/h1-6,16H,(H,15,18). The third-order valence-electron chi connectivity index (χ3n) is 3.10. The molecule has 0 amide bonds. The van der Waals surface area contributed by atoms with Crippen molar-refractivity contribution in [2.45, 2.75) is 4.90 Å². The molecule has 0 fully saturated rings. The molecule has 0 radical (unpaired) electrons. The Bertz CT molecular complexity index is 1120. The number of aromatic nitrogens is 1. The Morgan fingerprint density at radius 3 is 2.67 bits per heavy atom. The highest BCUT2D eigenvalue weighted by Gasteiger charge is 2.19. The molecule has 3 rings (SSSR count). The number of nitro benzene ring substituents is 1. The molecular formula is C13H8ClN3O6S. The van der Waals surface area contributed by atoms with E-state index in [9.17, 15) is 23.3 Å². The van der Waals surface area contributed by atoms with Gasteiger partial charge in [-0.25, -0.2) is 13.2 Å². The van der Waals surface area contributed by atoms with E-state index in [-0.39, 0.29) is 21.2 Å². The number of H-pyrrole nitrogens is 1. The van der Waals surface area contributed by atoms with Crippen LogP contribution in [-0.4, -0.2) is 18.3 Å². The lowest BCUT2D eigenvalue weighted by Gasteiger charge is -2.08. The Kier molecular flexibility index (Phi) is 3.78. The van der Waals surface area contributed by atoms with Gasteiger partial charge in [-0.05, 0) is 24.3 Å². The number of hydrogen-bond donors (Lipinski definition) is 2. The van der Waals surface area contributed by atoms with Crippen molar-refractivity contribution in [3.05, 3.63) is 62.1 Å². The van der Waals surface area contributed by atoms with E-state index in [1.54, 1.807) is 0 Å². The highest BCUT2D eigenvalue weighted by Crippen LogP contribution is 2.28. The SMILES string of the molecule is O=c1[nH]c2ccc(S(=O)(=O)Nc3ccc(Cl)c([N+](=O)[O-])c3)cc2o1. The van der Waals surface area contributed by atoms with Gasteiger partial charge in [0.1, 0.15) is 5.02 Å². The van der Waals surface area contributed by atoms with Crippen LogP contribution in [0.3, 0.4) is 0 Å². The first-order chi connectivity index (χ1) is 11.3. The number of nitrogens with one attached hydrogen (secondary N) is 2. The third-order valence-corrected chi connectivity index (χ3v) is 4.80. The van der Waals surface area contributed by atoms with E-state index in [1.165, 1.54) is 30.3 Å². The van der Waals surface area contributed by atoms with Crippen molar-refractivity contribution in [3.63, 3.8) is 0 Å². The van der Waals surface area contributed by atoms with Gasteiger partial charge in [0.25, 0.3) is 15.7 Å². The Morgan fingerprint density at radius 1 is 1.21 bits per heavy atom. The van der Waals surface area contributed by atoms with Gasteiger partial charge >= 0.3 is 5.76 Å². The summed E-state index contributed by atoms with van der Waals surface area (Å²) in [6, 6.07) is 7.32. The number of anilines is 1. The molecule has 1 aromatic heterocycles. The largest absolute Gasteiger partial charge is 0.417 e. The minimum absolute atomic E-state index is 0.0262. The lowest BCUT2D eigenvalue weighted by atomic mass is 10.3. The van der Waals surface area contributed by atoms with Crippen LogP contribution in [0.25, 0.3) is 11.1 Å². The Labute approximate surface area is 139 Å². The smallest absolute Gasteiger partial charge is 0.408 e. The molecular weight excluding hydrogens is 362 g/mol. The highest BCUT2D eigenvalue weighted by atomic mass is 35.5. The molecule has 0 saturated carbocycles. The number of sulfonamides is 1. The number of oxazole rings is 1. The summed E-state index contributed by atoms with van der Waals surface area (Å²) in [6.45, 7) is 0. The van der Waals surface area contributed by atoms with Gasteiger partial charge in [0, 0.05) is 12.1 Å². The molecule has 0 aliphatic carbocycles. The van der Waals surface area contributed by atoms with Crippen LogP contribution in [0.4, 0.5) is 11.4 Å². The Balaban J connectivity index is 1.99. The van der Waals surface area contributed by atoms with Crippen molar-refractivity contribution < 1.29 is 17.8 Å². The monoisotopic (exact) mass is 369 g/mol. The van der Waals surface area contributed by atoms with Gasteiger partial charge in [0.15, 0.2) is 5.58 Å². The van der Waals surface area contributed by atoms with Crippen LogP contribution in [-0.2, 0) is 10.0 Å². The van der Waals surface area contributed by atoms with Gasteiger partial charge in [0.2, 0.25) is 0 Å². The first-order valence-electron chi connectivity index (χ1n) is 6.36. The molecule has 11 heteroatoms. The lowest BCUT2D eigenvalue weighted by molar-refractivity contribution is -0.384. The van der Waals surface area contributed by atoms with Gasteiger partial charge in [0.05, 0.1) is 21.0 Å². The lowest BCUT2D eigenvalue weighted by Crippen LogP contribution is -2.13. The predicted molar refractivity (Wildman–Crippen MR) is 85.7 cm³/mol. The van der Waals surface area contributed by atoms with E-state index in [0.717, 1.165) is 6.07 Å². The second-order valence-corrected chi connectivity index (χ2v) is 6.79. The number of fused-ring (bicyclic) bond motifs is 1. The molecule has 2 aromatic carbocycles. The molecule has 0 aliphatic rings. The van der Waals surface area contributed by atoms with Crippen molar-refractivity contribution in [1.82, 2.24) is 4.98 Å². The van der Waals surface area contributed by atoms with Crippen molar-refractivity contribution in [2.24, 2.45) is 0 Å². The van der Waals surface area contributed by atoms with E-state index in [1.807, 2.05) is 0 Å². The summed E-state index contributed by atoms with van der Waals surface area (Å²) in [4.78, 5) is 23.5. The minimum Gasteiger partial charge on any atom is -0.408 e. The summed E-state index contributed by atoms with van der Waals surface area (Å²) in [5.41, 5.74) is -0.0308. The summed E-state index contributed by atoms with van der Waals surface area (Å²) in [6.07, 6.45) is 0. The zero-order valence-electron chi connectivity index (χ0n) is 11.6. The van der Waals surface area contributed by atoms with E-state index in [2.05, 4.69) is 9.71 Å². The molecule has 0 atom stereocenters. The molecule has 2 N–H and O–H groups in total. The molecule has 124 valence electrons. The van der Waals surface area contributed by atoms with Gasteiger partial charge < -0.3 is 4.42 Å². The number of aromatic amines is 1. The fourth-order valence-corrected chi connectivity index (χ4v) is 3.27. The Hall–Kier alpha value is -2.85. The molecule has 1 heterocycles. The van der Waals surface area contributed by atoms with Gasteiger partial charge in [-0.15, -0.1) is 0 Å². The maximum Gasteiger partial charge on any atom is 0.417 e. The van der Waals surface area contributed by atoms with Crippen molar-refractivity contribution in [1.29, 1.82) is 0 Å². The first kappa shape index (κ1) is 16.0. The summed E-state index contributed by atoms with van der Waals surface area (Å²) in [7, 11) is -4.04. The fourth-order valence-electron chi connectivity index (χ4n) is 2.02. The maximum atomic E-state index is 12.4. The number of benzene rings is 2. The minimum atomic E-state index is -4.04. The van der Waals surface area contributed by atoms with E-state index in [4.69, 9.17) is 16.0 Å². The van der Waals surface area contributed by atoms with Gasteiger partial charge in [-0.1, -0.05) is 11.6 Å². The Morgan fingerprint density at radius 2 is 1.96 bits per heavy atom. The number of nitrogens with zero attached hydrogens (tertiary/aromatic N) is 1. The second kappa shape index (κ2) is 5.65. The molecule has 3 aromatic rings. The summed E-state index contributed by atoms with van der Waals surface area (Å²) < 4.78 is 31.8. The fraction of sp³-hybridized carbons (Fsp3) is 0. The molecule has 0 spiro atoms. The topological polar surface area (TPSA) is 135 Å². The summed E-state index contributed by atoms with van der Waals surface area (Å²) in [5, 5.41) is 10.7. The molecule has 24 heavy (non-hydrogen) atoms. The average Bonchev–Trinajstić information content (AvgIpc) is 2.87. The first-order valence-corrected chi connectivity index (χ1v) is 8.22. The molecule has 0 unspecified atom stereocenters. The van der Waals surface area contributed by atoms with Crippen LogP contribution in [0, 0.1) is 10.1 Å². The number of nitro groups is 1. The van der Waals surface area contributed by atoms with Crippen LogP contribution in [0.1, 0.15) is 0 Å². The molecule has 0 aliphatic heterocycles. The van der Waals surface area contributed by atoms with Crippen LogP contribution in [0.5, 0.6) is 0 Å². The van der Waals surface area contributed by atoms with E-state index >= 15 is 0 Å². The third kappa shape index (κ3) is 2.96. The van der Waals surface area contributed by atoms with Crippen molar-refractivity contribution >= 4 is 44.1 Å². The predicted octanol–water partition coefficient (Wildman–Crippen LogP) is 2.48. The molecule has 0 bridgehead atoms. The van der Waals surface area contributed by atoms with E-state index < -0.39 is 26.4 Å². The van der Waals surface area contributed by atoms with Crippen LogP contribution >= 0.6 is 11.6 Å². The van der Waals surface area contributed by atoms with Crippen molar-refractivity contribution in [3.8, 4) is 0 Å². The second-order valence-electron chi connectivity index (χ2n) is 4.70. The summed E-state index contributed by atoms with van der Waals surface area (Å²) in [5.74, 6) is -0.708. The maximum absolute atomic E-state index is 12.4. The molecule has 9 nitrogen and oxygen atoms in total. The zero-order chi connectivity index (χ0) is 17.5. The number of rotatable bonds is 4. The average molecular weight is 370 g/mol. The zero-order valence-corrected chi connectivity index (χ0v) is 13.2. The van der Waals surface area contributed by atoms with E-state index in [0.29, 0.717) is 5.52 Å². The number of halogens is 1. The summed E-state index contributed by atoms with van der Waals surface area (Å²) >= 11 is 5.68. The number of hydrogen-bond acceptors (Lipinski definition) is 6. The quantitative estimate of drug-likeness (QED) is 0.535. The van der Waals surface area contributed by atoms with Gasteiger partial charge in [-0.3, -0.25) is 19.8 Å². The van der Waals surface area contributed by atoms with Crippen molar-refractivity contribution in [2.75, 3.05) is 4.72 Å².